The van der Waals surface area contributed by atoms with E-state index in [9.17, 15) is 4.39 Å². The lowest BCUT2D eigenvalue weighted by atomic mass is 10.3. The van der Waals surface area contributed by atoms with Gasteiger partial charge in [-0.25, -0.2) is 4.39 Å². The maximum atomic E-state index is 12.8. The molecule has 0 heterocycles. The van der Waals surface area contributed by atoms with Gasteiger partial charge in [0.05, 0.1) is 5.69 Å². The molecule has 0 bridgehead atoms. The van der Waals surface area contributed by atoms with Gasteiger partial charge >= 0.3 is 0 Å². The molecule has 0 aliphatic rings. The Morgan fingerprint density at radius 2 is 1.80 bits per heavy atom. The van der Waals surface area contributed by atoms with E-state index in [1.807, 2.05) is 18.2 Å². The second-order valence-corrected chi connectivity index (χ2v) is 5.73. The molecular formula is C15H15FN2S2. The summed E-state index contributed by atoms with van der Waals surface area (Å²) >= 11 is 7.02. The van der Waals surface area contributed by atoms with Gasteiger partial charge in [-0.15, -0.1) is 11.8 Å². The molecule has 0 aromatic heterocycles. The molecule has 0 radical (unpaired) electrons. The molecule has 2 rings (SSSR count). The minimum atomic E-state index is -0.265. The van der Waals surface area contributed by atoms with Crippen molar-refractivity contribution in [3.63, 3.8) is 0 Å². The minimum Gasteiger partial charge on any atom is -0.332 e. The van der Waals surface area contributed by atoms with Gasteiger partial charge in [0.2, 0.25) is 0 Å². The van der Waals surface area contributed by atoms with E-state index in [0.29, 0.717) is 5.11 Å². The Balaban J connectivity index is 2.02. The minimum absolute atomic E-state index is 0.265. The highest BCUT2D eigenvalue weighted by atomic mass is 32.2. The number of benzene rings is 2. The number of para-hydroxylation sites is 1. The maximum Gasteiger partial charge on any atom is 0.175 e. The normalized spacial score (nSPS) is 10.1. The average Bonchev–Trinajstić information content (AvgIpc) is 2.44. The predicted molar refractivity (Wildman–Crippen MR) is 89.1 cm³/mol. The Morgan fingerprint density at radius 3 is 2.50 bits per heavy atom. The maximum absolute atomic E-state index is 12.8. The number of hydrogen-bond acceptors (Lipinski definition) is 2. The zero-order valence-corrected chi connectivity index (χ0v) is 12.7. The fraction of sp³-hybridized carbons (Fsp3) is 0.133. The third-order valence-electron chi connectivity index (χ3n) is 2.54. The third kappa shape index (κ3) is 4.21. The van der Waals surface area contributed by atoms with Crippen LogP contribution in [0.2, 0.25) is 0 Å². The summed E-state index contributed by atoms with van der Waals surface area (Å²) in [6, 6.07) is 14.1. The summed E-state index contributed by atoms with van der Waals surface area (Å²) in [6.45, 7) is 2.11. The molecule has 2 aromatic carbocycles. The van der Waals surface area contributed by atoms with Crippen LogP contribution >= 0.6 is 24.0 Å². The van der Waals surface area contributed by atoms with E-state index in [-0.39, 0.29) is 5.82 Å². The molecule has 0 saturated carbocycles. The molecular weight excluding hydrogens is 291 g/mol. The molecule has 0 spiro atoms. The molecule has 0 fully saturated rings. The van der Waals surface area contributed by atoms with Crippen molar-refractivity contribution in [2.24, 2.45) is 0 Å². The third-order valence-corrected chi connectivity index (χ3v) is 3.70. The second-order valence-electron chi connectivity index (χ2n) is 4.02. The van der Waals surface area contributed by atoms with Crippen molar-refractivity contribution in [2.75, 3.05) is 16.4 Å². The first-order valence-electron chi connectivity index (χ1n) is 6.24. The monoisotopic (exact) mass is 306 g/mol. The standard InChI is InChI=1S/C15H15FN2S2/c1-2-20-14-6-4-3-5-13(14)18-15(19)17-12-9-7-11(16)8-10-12/h3-10H,2H2,1H3,(H2,17,18,19). The molecule has 20 heavy (non-hydrogen) atoms. The predicted octanol–water partition coefficient (Wildman–Crippen LogP) is 4.75. The van der Waals surface area contributed by atoms with Crippen molar-refractivity contribution in [1.82, 2.24) is 0 Å². The summed E-state index contributed by atoms with van der Waals surface area (Å²) in [5, 5.41) is 6.68. The molecule has 104 valence electrons. The van der Waals surface area contributed by atoms with Crippen LogP contribution in [0.1, 0.15) is 6.92 Å². The van der Waals surface area contributed by atoms with Gasteiger partial charge in [0.1, 0.15) is 5.82 Å². The fourth-order valence-corrected chi connectivity index (χ4v) is 2.66. The average molecular weight is 306 g/mol. The molecule has 2 aromatic rings. The van der Waals surface area contributed by atoms with Crippen molar-refractivity contribution in [2.45, 2.75) is 11.8 Å². The van der Waals surface area contributed by atoms with Crippen molar-refractivity contribution in [3.8, 4) is 0 Å². The summed E-state index contributed by atoms with van der Waals surface area (Å²) in [5.74, 6) is 0.732. The Kier molecular flexibility index (Phi) is 5.38. The first kappa shape index (κ1) is 14.8. The molecule has 2 N–H and O–H groups in total. The van der Waals surface area contributed by atoms with E-state index in [1.165, 1.54) is 12.1 Å². The Labute approximate surface area is 127 Å². The highest BCUT2D eigenvalue weighted by molar-refractivity contribution is 7.99. The van der Waals surface area contributed by atoms with Crippen LogP contribution < -0.4 is 10.6 Å². The largest absolute Gasteiger partial charge is 0.332 e. The van der Waals surface area contributed by atoms with Crippen LogP contribution in [-0.4, -0.2) is 10.9 Å². The van der Waals surface area contributed by atoms with Crippen LogP contribution in [0.3, 0.4) is 0 Å². The van der Waals surface area contributed by atoms with Crippen LogP contribution in [0.5, 0.6) is 0 Å². The summed E-state index contributed by atoms with van der Waals surface area (Å²) in [6.07, 6.45) is 0. The van der Waals surface area contributed by atoms with E-state index < -0.39 is 0 Å². The summed E-state index contributed by atoms with van der Waals surface area (Å²) < 4.78 is 12.8. The van der Waals surface area contributed by atoms with Crippen LogP contribution in [0, 0.1) is 5.82 Å². The zero-order valence-electron chi connectivity index (χ0n) is 11.0. The van der Waals surface area contributed by atoms with Gasteiger partial charge in [0, 0.05) is 10.6 Å². The molecule has 0 unspecified atom stereocenters. The molecule has 0 saturated heterocycles. The number of thioether (sulfide) groups is 1. The lowest BCUT2D eigenvalue weighted by Crippen LogP contribution is -2.19. The van der Waals surface area contributed by atoms with E-state index >= 15 is 0 Å². The lowest BCUT2D eigenvalue weighted by Gasteiger charge is -2.13. The van der Waals surface area contributed by atoms with Gasteiger partial charge in [-0.1, -0.05) is 19.1 Å². The van der Waals surface area contributed by atoms with E-state index in [1.54, 1.807) is 23.9 Å². The number of hydrogen-bond donors (Lipinski definition) is 2. The van der Waals surface area contributed by atoms with E-state index in [2.05, 4.69) is 23.6 Å². The van der Waals surface area contributed by atoms with Crippen LogP contribution in [0.4, 0.5) is 15.8 Å². The van der Waals surface area contributed by atoms with E-state index in [0.717, 1.165) is 22.0 Å². The molecule has 2 nitrogen and oxygen atoms in total. The van der Waals surface area contributed by atoms with Gasteiger partial charge in [0.25, 0.3) is 0 Å². The number of halogens is 1. The first-order valence-corrected chi connectivity index (χ1v) is 7.64. The van der Waals surface area contributed by atoms with Crippen LogP contribution in [0.25, 0.3) is 0 Å². The molecule has 0 atom stereocenters. The molecule has 0 aliphatic carbocycles. The fourth-order valence-electron chi connectivity index (χ4n) is 1.67. The Hall–Kier alpha value is -1.59. The highest BCUT2D eigenvalue weighted by Gasteiger charge is 2.04. The topological polar surface area (TPSA) is 24.1 Å². The Morgan fingerprint density at radius 1 is 1.10 bits per heavy atom. The summed E-state index contributed by atoms with van der Waals surface area (Å²) in [5.41, 5.74) is 1.73. The van der Waals surface area contributed by atoms with Gasteiger partial charge in [-0.2, -0.15) is 0 Å². The van der Waals surface area contributed by atoms with Crippen molar-refractivity contribution >= 4 is 40.5 Å². The molecule has 0 aliphatic heterocycles. The van der Waals surface area contributed by atoms with Gasteiger partial charge in [-0.3, -0.25) is 0 Å². The lowest BCUT2D eigenvalue weighted by molar-refractivity contribution is 0.628. The second kappa shape index (κ2) is 7.26. The number of nitrogens with one attached hydrogen (secondary N) is 2. The Bertz CT molecular complexity index is 585. The van der Waals surface area contributed by atoms with Gasteiger partial charge in [-0.05, 0) is 54.4 Å². The summed E-state index contributed by atoms with van der Waals surface area (Å²) in [7, 11) is 0. The molecule has 5 heteroatoms. The van der Waals surface area contributed by atoms with Crippen molar-refractivity contribution < 1.29 is 4.39 Å². The number of rotatable bonds is 4. The number of thiocarbonyl (C=S) groups is 1. The smallest absolute Gasteiger partial charge is 0.175 e. The summed E-state index contributed by atoms with van der Waals surface area (Å²) in [4.78, 5) is 1.15. The van der Waals surface area contributed by atoms with Gasteiger partial charge < -0.3 is 10.6 Å². The van der Waals surface area contributed by atoms with Crippen LogP contribution in [0.15, 0.2) is 53.4 Å². The van der Waals surface area contributed by atoms with Crippen molar-refractivity contribution in [1.29, 1.82) is 0 Å². The van der Waals surface area contributed by atoms with Gasteiger partial charge in [0.15, 0.2) is 5.11 Å². The van der Waals surface area contributed by atoms with Crippen molar-refractivity contribution in [3.05, 3.63) is 54.3 Å². The highest BCUT2D eigenvalue weighted by Crippen LogP contribution is 2.26. The SMILES string of the molecule is CCSc1ccccc1NC(=S)Nc1ccc(F)cc1. The van der Waals surface area contributed by atoms with Crippen LogP contribution in [-0.2, 0) is 0 Å². The van der Waals surface area contributed by atoms with E-state index in [4.69, 9.17) is 12.2 Å². The quantitative estimate of drug-likeness (QED) is 0.629. The molecule has 0 amide bonds. The number of anilines is 2. The zero-order chi connectivity index (χ0) is 14.4. The first-order chi connectivity index (χ1) is 9.69.